The molecular formula is C66H102BrN13O25. The minimum atomic E-state index is -0.996. The quantitative estimate of drug-likeness (QED) is 0.0738. The summed E-state index contributed by atoms with van der Waals surface area (Å²) in [7, 11) is 8.40. The van der Waals surface area contributed by atoms with E-state index in [0.717, 1.165) is 4.47 Å². The summed E-state index contributed by atoms with van der Waals surface area (Å²) < 4.78 is 38.5. The van der Waals surface area contributed by atoms with Gasteiger partial charge in [0.15, 0.2) is 5.78 Å². The standard InChI is InChI=1S/C21H27BrN4O6.C17H29N3O7.2C14H23N3O6/c1-12(2)18(24-21(31)32-4)20(30)26-11-25(13(3)27)10-16(26)19(29)23-9-17(28)14-5-7-15(22)8-6-14;1-10(2)12(18-15(23)26-7)13(21)20-9-19(8-11(20)14(22)25-6)16(24)27-17(3,4)5;2*1-8(2)11(15-14(21)23-5)12(19)17-7-16(9(3)18)6-10(17)13(20)22-4/h5-8,12,16,18H,9-11H2,1-4H3,(H,23,29)(H,24,31);10-12H,8-9H2,1-7H3,(H,18,23);2*8,10-11H,6-7H2,1-5H3,(H,15,21)/t16-,18-;11-,12-;2*10-,11-/m0000/s1. The number of alkyl carbamates (subject to hydrolysis) is 4. The van der Waals surface area contributed by atoms with Crippen LogP contribution in [0.5, 0.6) is 0 Å². The molecule has 1 aromatic carbocycles. The Morgan fingerprint density at radius 3 is 0.914 bits per heavy atom. The van der Waals surface area contributed by atoms with Crippen LogP contribution >= 0.6 is 15.9 Å². The summed E-state index contributed by atoms with van der Waals surface area (Å²) in [6, 6.07) is -0.690. The number of carbonyl (C=O) groups is 17. The number of nitrogens with zero attached hydrogens (tertiary/aromatic N) is 8. The van der Waals surface area contributed by atoms with Crippen LogP contribution < -0.4 is 26.6 Å². The van der Waals surface area contributed by atoms with Gasteiger partial charge in [-0.1, -0.05) is 83.5 Å². The summed E-state index contributed by atoms with van der Waals surface area (Å²) in [5, 5.41) is 12.4. The number of esters is 3. The Hall–Kier alpha value is -10.1. The van der Waals surface area contributed by atoms with E-state index in [4.69, 9.17) is 18.9 Å². The van der Waals surface area contributed by atoms with Gasteiger partial charge in [-0.3, -0.25) is 48.1 Å². The van der Waals surface area contributed by atoms with Crippen molar-refractivity contribution in [2.24, 2.45) is 23.7 Å². The van der Waals surface area contributed by atoms with Gasteiger partial charge < -0.3 is 98.8 Å². The predicted octanol–water partition coefficient (Wildman–Crippen LogP) is 1.20. The Bertz CT molecular complexity index is 3210. The molecule has 1 aromatic rings. The minimum Gasteiger partial charge on any atom is -0.467 e. The van der Waals surface area contributed by atoms with Crippen LogP contribution in [-0.2, 0) is 90.6 Å². The lowest BCUT2D eigenvalue weighted by Gasteiger charge is -2.29. The monoisotopic (exact) mass is 1560 g/mol. The summed E-state index contributed by atoms with van der Waals surface area (Å²) in [4.78, 5) is 217. The number of hydrogen-bond acceptors (Lipinski definition) is 25. The van der Waals surface area contributed by atoms with Gasteiger partial charge in [-0.15, -0.1) is 0 Å². The smallest absolute Gasteiger partial charge is 0.411 e. The highest BCUT2D eigenvalue weighted by molar-refractivity contribution is 9.10. The van der Waals surface area contributed by atoms with Crippen LogP contribution in [0.3, 0.4) is 0 Å². The number of nitrogens with one attached hydrogen (secondary N) is 5. The van der Waals surface area contributed by atoms with Crippen LogP contribution in [-0.4, -0.2) is 304 Å². The lowest BCUT2D eigenvalue weighted by molar-refractivity contribution is -0.151. The molecule has 5 N–H and O–H groups in total. The SMILES string of the molecule is COC(=O)N[C@H](C(=O)N1CN(C(=O)OC(C)(C)C)C[C@H]1C(=O)OC)C(C)C.COC(=O)N[C@H](C(=O)N1CN(C(C)=O)C[C@H]1C(=O)NCC(=O)c1ccc(Br)cc1)C(C)C.COC(=O)N[C@H](C(=O)N1CN(C(C)=O)C[C@H]1C(=O)OC)C(C)C.COC(=O)N[C@H](C(=O)N1CN(C(C)=O)C[C@H]1C(=O)OC)C(C)C. The van der Waals surface area contributed by atoms with Crippen molar-refractivity contribution in [1.29, 1.82) is 0 Å². The van der Waals surface area contributed by atoms with E-state index in [0.29, 0.717) is 5.56 Å². The van der Waals surface area contributed by atoms with Crippen LogP contribution in [0.4, 0.5) is 24.0 Å². The maximum absolute atomic E-state index is 13.2. The first-order valence-electron chi connectivity index (χ1n) is 33.0. The molecule has 0 bridgehead atoms. The largest absolute Gasteiger partial charge is 0.467 e. The molecule has 13 amide bonds. The number of Topliss-reactive ketones (excluding diaryl/α,β-unsaturated/α-hetero) is 1. The van der Waals surface area contributed by atoms with Gasteiger partial charge in [0.25, 0.3) is 0 Å². The molecule has 4 aliphatic rings. The molecule has 4 aliphatic heterocycles. The number of methoxy groups -OCH3 is 7. The van der Waals surface area contributed by atoms with Gasteiger partial charge in [0.2, 0.25) is 47.3 Å². The first kappa shape index (κ1) is 91.0. The molecule has 5 rings (SSSR count). The van der Waals surface area contributed by atoms with E-state index in [-0.39, 0.29) is 107 Å². The topological polar surface area (TPSA) is 450 Å². The third kappa shape index (κ3) is 26.8. The zero-order valence-electron chi connectivity index (χ0n) is 63.3. The molecule has 0 saturated carbocycles. The number of ether oxygens (including phenoxy) is 8. The lowest BCUT2D eigenvalue weighted by atomic mass is 10.0. The fraction of sp³-hybridized carbons (Fsp3) is 0.652. The third-order valence-electron chi connectivity index (χ3n) is 16.4. The molecule has 4 heterocycles. The Labute approximate surface area is 618 Å². The zero-order valence-corrected chi connectivity index (χ0v) is 64.8. The number of ketones is 1. The maximum atomic E-state index is 13.2. The highest BCUT2D eigenvalue weighted by Gasteiger charge is 2.48. The highest BCUT2D eigenvalue weighted by Crippen LogP contribution is 2.25. The summed E-state index contributed by atoms with van der Waals surface area (Å²) >= 11 is 3.30. The van der Waals surface area contributed by atoms with E-state index in [1.165, 1.54) is 110 Å². The molecule has 0 radical (unpaired) electrons. The number of hydrogen-bond donors (Lipinski definition) is 5. The molecule has 0 unspecified atom stereocenters. The van der Waals surface area contributed by atoms with Crippen molar-refractivity contribution in [1.82, 2.24) is 65.8 Å². The van der Waals surface area contributed by atoms with Crippen LogP contribution in [0.1, 0.15) is 107 Å². The van der Waals surface area contributed by atoms with E-state index in [2.05, 4.69) is 61.5 Å². The van der Waals surface area contributed by atoms with Gasteiger partial charge in [0, 0.05) is 30.8 Å². The molecule has 105 heavy (non-hydrogen) atoms. The Balaban J connectivity index is 0.000000480. The second-order valence-electron chi connectivity index (χ2n) is 26.4. The molecule has 4 saturated heterocycles. The van der Waals surface area contributed by atoms with Gasteiger partial charge in [-0.25, -0.2) is 38.4 Å². The zero-order chi connectivity index (χ0) is 80.4. The van der Waals surface area contributed by atoms with Crippen molar-refractivity contribution in [3.8, 4) is 0 Å². The second kappa shape index (κ2) is 42.0. The first-order valence-corrected chi connectivity index (χ1v) is 33.8. The predicted molar refractivity (Wildman–Crippen MR) is 371 cm³/mol. The van der Waals surface area contributed by atoms with Crippen LogP contribution in [0.25, 0.3) is 0 Å². The third-order valence-corrected chi connectivity index (χ3v) is 16.9. The molecular weight excluding hydrogens is 1450 g/mol. The second-order valence-corrected chi connectivity index (χ2v) is 27.4. The molecule has 38 nitrogen and oxygen atoms in total. The van der Waals surface area contributed by atoms with Crippen LogP contribution in [0, 0.1) is 23.7 Å². The Kier molecular flexibility index (Phi) is 36.4. The Morgan fingerprint density at radius 1 is 0.410 bits per heavy atom. The van der Waals surface area contributed by atoms with Gasteiger partial charge in [0.05, 0.1) is 102 Å². The average molecular weight is 1560 g/mol. The summed E-state index contributed by atoms with van der Waals surface area (Å²) in [5.41, 5.74) is -0.289. The molecule has 0 aromatic heterocycles. The van der Waals surface area contributed by atoms with E-state index in [1.807, 2.05) is 0 Å². The lowest BCUT2D eigenvalue weighted by Crippen LogP contribution is -2.56. The molecule has 39 heteroatoms. The highest BCUT2D eigenvalue weighted by atomic mass is 79.9. The van der Waals surface area contributed by atoms with Crippen molar-refractivity contribution in [3.05, 3.63) is 34.3 Å². The van der Waals surface area contributed by atoms with Gasteiger partial charge in [-0.2, -0.15) is 0 Å². The molecule has 4 fully saturated rings. The fourth-order valence-corrected chi connectivity index (χ4v) is 10.7. The maximum Gasteiger partial charge on any atom is 0.411 e. The van der Waals surface area contributed by atoms with Gasteiger partial charge in [-0.05, 0) is 56.6 Å². The van der Waals surface area contributed by atoms with Gasteiger partial charge in [0.1, 0.15) is 60.6 Å². The van der Waals surface area contributed by atoms with E-state index < -0.39 is 132 Å². The Morgan fingerprint density at radius 2 is 0.667 bits per heavy atom. The number of amides is 13. The van der Waals surface area contributed by atoms with Crippen molar-refractivity contribution in [2.75, 3.05) is 109 Å². The molecule has 588 valence electrons. The van der Waals surface area contributed by atoms with E-state index in [1.54, 1.807) is 100 Å². The van der Waals surface area contributed by atoms with Crippen LogP contribution in [0.15, 0.2) is 28.7 Å². The summed E-state index contributed by atoms with van der Waals surface area (Å²) in [6.45, 7) is 22.7. The van der Waals surface area contributed by atoms with E-state index in [9.17, 15) is 81.5 Å². The molecule has 8 atom stereocenters. The number of halogens is 1. The minimum absolute atomic E-state index is 0.0115. The molecule has 0 spiro atoms. The normalized spacial score (nSPS) is 17.8. The van der Waals surface area contributed by atoms with Crippen LogP contribution in [0.2, 0.25) is 0 Å². The molecule has 0 aliphatic carbocycles. The number of carbonyl (C=O) groups excluding carboxylic acids is 17. The van der Waals surface area contributed by atoms with Crippen molar-refractivity contribution >= 4 is 117 Å². The van der Waals surface area contributed by atoms with Crippen molar-refractivity contribution in [2.45, 2.75) is 151 Å². The van der Waals surface area contributed by atoms with Crippen molar-refractivity contribution < 1.29 is 119 Å². The van der Waals surface area contributed by atoms with E-state index >= 15 is 0 Å². The number of benzene rings is 1. The summed E-state index contributed by atoms with van der Waals surface area (Å²) in [5.74, 6) is -6.54. The average Bonchev–Trinajstić information content (AvgIpc) is 1.69. The first-order chi connectivity index (χ1) is 48.9. The fourth-order valence-electron chi connectivity index (χ4n) is 10.4. The van der Waals surface area contributed by atoms with Crippen molar-refractivity contribution in [3.63, 3.8) is 0 Å². The number of rotatable bonds is 19. The van der Waals surface area contributed by atoms with Gasteiger partial charge >= 0.3 is 48.4 Å². The summed E-state index contributed by atoms with van der Waals surface area (Å²) in [6.07, 6.45) is -3.67.